The zero-order valence-corrected chi connectivity index (χ0v) is 13.3. The van der Waals surface area contributed by atoms with E-state index in [-0.39, 0.29) is 23.9 Å². The topological polar surface area (TPSA) is 58.9 Å². The van der Waals surface area contributed by atoms with Gasteiger partial charge >= 0.3 is 0 Å². The number of aliphatic hydroxyl groups excluding tert-OH is 2. The summed E-state index contributed by atoms with van der Waals surface area (Å²) in [6, 6.07) is 0. The van der Waals surface area contributed by atoms with Crippen molar-refractivity contribution in [2.24, 2.45) is 0 Å². The molecule has 1 fully saturated rings. The highest BCUT2D eigenvalue weighted by molar-refractivity contribution is 6.74. The highest BCUT2D eigenvalue weighted by Gasteiger charge is 2.43. The van der Waals surface area contributed by atoms with Gasteiger partial charge in [0.05, 0.1) is 12.2 Å². The Morgan fingerprint density at radius 3 is 2.50 bits per heavy atom. The molecule has 0 aromatic rings. The maximum Gasteiger partial charge on any atom is 0.192 e. The van der Waals surface area contributed by atoms with Crippen LogP contribution in [0.2, 0.25) is 18.1 Å². The number of ether oxygens (including phenoxy) is 1. The molecule has 0 aromatic carbocycles. The Balaban J connectivity index is 2.66. The van der Waals surface area contributed by atoms with E-state index in [1.807, 2.05) is 0 Å². The van der Waals surface area contributed by atoms with E-state index in [0.29, 0.717) is 13.0 Å². The summed E-state index contributed by atoms with van der Waals surface area (Å²) >= 11 is 0. The van der Waals surface area contributed by atoms with Crippen LogP contribution in [-0.2, 0) is 9.16 Å². The third kappa shape index (κ3) is 3.77. The van der Waals surface area contributed by atoms with Gasteiger partial charge in [-0.1, -0.05) is 20.8 Å². The van der Waals surface area contributed by atoms with E-state index in [9.17, 15) is 5.11 Å². The third-order valence-electron chi connectivity index (χ3n) is 4.14. The lowest BCUT2D eigenvalue weighted by Gasteiger charge is -2.40. The van der Waals surface area contributed by atoms with Crippen LogP contribution in [0.15, 0.2) is 0 Å². The second-order valence-corrected chi connectivity index (χ2v) is 11.4. The Kier molecular flexibility index (Phi) is 5.38. The Morgan fingerprint density at radius 2 is 2.00 bits per heavy atom. The van der Waals surface area contributed by atoms with Gasteiger partial charge in [0.25, 0.3) is 0 Å². The molecule has 18 heavy (non-hydrogen) atoms. The number of hydrogen-bond donors (Lipinski definition) is 2. The molecule has 2 N–H and O–H groups in total. The van der Waals surface area contributed by atoms with Gasteiger partial charge in [-0.3, -0.25) is 0 Å². The Labute approximate surface area is 111 Å². The molecule has 5 heteroatoms. The minimum Gasteiger partial charge on any atom is -0.411 e. The molecule has 1 aliphatic heterocycles. The van der Waals surface area contributed by atoms with Gasteiger partial charge in [0, 0.05) is 13.2 Å². The van der Waals surface area contributed by atoms with Crippen LogP contribution in [0.3, 0.4) is 0 Å². The summed E-state index contributed by atoms with van der Waals surface area (Å²) in [4.78, 5) is 0. The third-order valence-corrected chi connectivity index (χ3v) is 8.64. The molecule has 1 rings (SSSR count). The van der Waals surface area contributed by atoms with Crippen molar-refractivity contribution >= 4 is 8.32 Å². The van der Waals surface area contributed by atoms with Gasteiger partial charge in [-0.15, -0.1) is 0 Å². The van der Waals surface area contributed by atoms with E-state index in [0.717, 1.165) is 6.42 Å². The van der Waals surface area contributed by atoms with Crippen molar-refractivity contribution in [1.82, 2.24) is 0 Å². The monoisotopic (exact) mass is 276 g/mol. The first-order valence-electron chi connectivity index (χ1n) is 6.77. The molecule has 4 nitrogen and oxygen atoms in total. The molecule has 3 atom stereocenters. The zero-order chi connectivity index (χ0) is 14.0. The largest absolute Gasteiger partial charge is 0.411 e. The summed E-state index contributed by atoms with van der Waals surface area (Å²) < 4.78 is 11.9. The lowest BCUT2D eigenvalue weighted by atomic mass is 10.1. The summed E-state index contributed by atoms with van der Waals surface area (Å²) in [7, 11) is -1.83. The molecule has 0 saturated carbocycles. The Morgan fingerprint density at radius 1 is 1.39 bits per heavy atom. The SMILES string of the molecule is CC(C)(C)[Si](C)(C)OC1CCO[C@@H]1[C@H](O)CCO. The van der Waals surface area contributed by atoms with Crippen molar-refractivity contribution in [2.75, 3.05) is 13.2 Å². The summed E-state index contributed by atoms with van der Waals surface area (Å²) in [5, 5.41) is 19.0. The van der Waals surface area contributed by atoms with Gasteiger partial charge in [0.1, 0.15) is 6.10 Å². The molecule has 0 amide bonds. The lowest BCUT2D eigenvalue weighted by Crippen LogP contribution is -2.48. The predicted octanol–water partition coefficient (Wildman–Crippen LogP) is 1.91. The maximum atomic E-state index is 9.97. The van der Waals surface area contributed by atoms with Crippen molar-refractivity contribution in [3.8, 4) is 0 Å². The maximum absolute atomic E-state index is 9.97. The fourth-order valence-corrected chi connectivity index (χ4v) is 3.29. The van der Waals surface area contributed by atoms with Gasteiger partial charge in [-0.05, 0) is 31.0 Å². The van der Waals surface area contributed by atoms with Crippen LogP contribution >= 0.6 is 0 Å². The molecule has 108 valence electrons. The first-order valence-corrected chi connectivity index (χ1v) is 9.68. The van der Waals surface area contributed by atoms with Crippen LogP contribution in [0.4, 0.5) is 0 Å². The van der Waals surface area contributed by atoms with Gasteiger partial charge in [-0.2, -0.15) is 0 Å². The summed E-state index contributed by atoms with van der Waals surface area (Å²) in [5.41, 5.74) is 0. The number of aliphatic hydroxyl groups is 2. The van der Waals surface area contributed by atoms with Crippen LogP contribution in [-0.4, -0.2) is 50.1 Å². The van der Waals surface area contributed by atoms with Crippen LogP contribution < -0.4 is 0 Å². The first kappa shape index (κ1) is 16.1. The van der Waals surface area contributed by atoms with Gasteiger partial charge in [0.2, 0.25) is 0 Å². The normalized spacial score (nSPS) is 27.5. The van der Waals surface area contributed by atoms with Gasteiger partial charge in [0.15, 0.2) is 8.32 Å². The van der Waals surface area contributed by atoms with Crippen LogP contribution in [0.1, 0.15) is 33.6 Å². The minimum atomic E-state index is -1.83. The van der Waals surface area contributed by atoms with Crippen molar-refractivity contribution in [2.45, 2.75) is 70.1 Å². The van der Waals surface area contributed by atoms with Crippen LogP contribution in [0.5, 0.6) is 0 Å². The van der Waals surface area contributed by atoms with Crippen molar-refractivity contribution < 1.29 is 19.4 Å². The van der Waals surface area contributed by atoms with E-state index in [2.05, 4.69) is 33.9 Å². The second-order valence-electron chi connectivity index (χ2n) is 6.62. The highest BCUT2D eigenvalue weighted by Crippen LogP contribution is 2.39. The average Bonchev–Trinajstić information content (AvgIpc) is 2.63. The summed E-state index contributed by atoms with van der Waals surface area (Å²) in [6.45, 7) is 11.6. The van der Waals surface area contributed by atoms with E-state index >= 15 is 0 Å². The molecular formula is C13H28O4Si. The lowest BCUT2D eigenvalue weighted by molar-refractivity contribution is -0.0493. The van der Waals surface area contributed by atoms with Crippen molar-refractivity contribution in [1.29, 1.82) is 0 Å². The van der Waals surface area contributed by atoms with Crippen LogP contribution in [0, 0.1) is 0 Å². The van der Waals surface area contributed by atoms with Gasteiger partial charge < -0.3 is 19.4 Å². The molecule has 1 aliphatic rings. The van der Waals surface area contributed by atoms with E-state index in [4.69, 9.17) is 14.3 Å². The average molecular weight is 276 g/mol. The Bertz CT molecular complexity index is 262. The quantitative estimate of drug-likeness (QED) is 0.753. The highest BCUT2D eigenvalue weighted by atomic mass is 28.4. The van der Waals surface area contributed by atoms with Crippen molar-refractivity contribution in [3.05, 3.63) is 0 Å². The molecule has 1 heterocycles. The molecule has 0 aliphatic carbocycles. The fourth-order valence-electron chi connectivity index (χ4n) is 1.93. The zero-order valence-electron chi connectivity index (χ0n) is 12.3. The molecule has 1 saturated heterocycles. The van der Waals surface area contributed by atoms with E-state index in [1.165, 1.54) is 0 Å². The predicted molar refractivity (Wildman–Crippen MR) is 74.1 cm³/mol. The molecule has 0 radical (unpaired) electrons. The molecular weight excluding hydrogens is 248 g/mol. The minimum absolute atomic E-state index is 0.0200. The van der Waals surface area contributed by atoms with E-state index in [1.54, 1.807) is 0 Å². The fraction of sp³-hybridized carbons (Fsp3) is 1.00. The van der Waals surface area contributed by atoms with E-state index < -0.39 is 14.4 Å². The van der Waals surface area contributed by atoms with Crippen molar-refractivity contribution in [3.63, 3.8) is 0 Å². The number of hydrogen-bond acceptors (Lipinski definition) is 4. The molecule has 0 aromatic heterocycles. The van der Waals surface area contributed by atoms with Crippen LogP contribution in [0.25, 0.3) is 0 Å². The van der Waals surface area contributed by atoms with Gasteiger partial charge in [-0.25, -0.2) is 0 Å². The Hall–Kier alpha value is 0.0569. The molecule has 0 bridgehead atoms. The smallest absolute Gasteiger partial charge is 0.192 e. The second kappa shape index (κ2) is 6.01. The molecule has 0 spiro atoms. The number of rotatable bonds is 5. The molecule has 1 unspecified atom stereocenters. The standard InChI is InChI=1S/C13H28O4Si/c1-13(2,3)18(4,5)17-11-7-9-16-12(11)10(15)6-8-14/h10-12,14-15H,6-9H2,1-5H3/t10-,11?,12-/m1/s1. The summed E-state index contributed by atoms with van der Waals surface area (Å²) in [5.74, 6) is 0. The first-order chi connectivity index (χ1) is 8.19. The summed E-state index contributed by atoms with van der Waals surface area (Å²) in [6.07, 6.45) is 0.229.